The van der Waals surface area contributed by atoms with E-state index in [-0.39, 0.29) is 5.95 Å². The van der Waals surface area contributed by atoms with Crippen LogP contribution in [0.15, 0.2) is 29.4 Å². The van der Waals surface area contributed by atoms with Gasteiger partial charge in [0, 0.05) is 26.2 Å². The summed E-state index contributed by atoms with van der Waals surface area (Å²) in [7, 11) is 0. The second-order valence-corrected chi connectivity index (χ2v) is 7.04. The molecule has 0 atom stereocenters. The Morgan fingerprint density at radius 2 is 1.50 bits per heavy atom. The van der Waals surface area contributed by atoms with Gasteiger partial charge in [0.2, 0.25) is 17.8 Å². The predicted octanol–water partition coefficient (Wildman–Crippen LogP) is 2.77. The summed E-state index contributed by atoms with van der Waals surface area (Å²) in [6, 6.07) is 4.76. The van der Waals surface area contributed by atoms with Gasteiger partial charge in [0.15, 0.2) is 0 Å². The highest BCUT2D eigenvalue weighted by Crippen LogP contribution is 2.29. The van der Waals surface area contributed by atoms with E-state index in [9.17, 15) is 13.2 Å². The van der Waals surface area contributed by atoms with E-state index >= 15 is 0 Å². The number of hydrogen-bond acceptors (Lipinski definition) is 8. The topological polar surface area (TPSA) is 78.8 Å². The Balaban J connectivity index is 1.50. The summed E-state index contributed by atoms with van der Waals surface area (Å²) in [6.07, 6.45) is -0.755. The number of benzene rings is 1. The number of nitrogens with zero attached hydrogens (tertiary/aromatic N) is 6. The van der Waals surface area contributed by atoms with Gasteiger partial charge < -0.3 is 14.5 Å². The fourth-order valence-electron chi connectivity index (χ4n) is 3.29. The van der Waals surface area contributed by atoms with Crippen LogP contribution in [0.25, 0.3) is 0 Å². The lowest BCUT2D eigenvalue weighted by Crippen LogP contribution is -2.38. The van der Waals surface area contributed by atoms with Gasteiger partial charge >= 0.3 is 6.18 Å². The zero-order chi connectivity index (χ0) is 21.0. The molecule has 0 spiro atoms. The number of aromatic nitrogens is 3. The number of anilines is 3. The quantitative estimate of drug-likeness (QED) is 0.588. The molecule has 0 bridgehead atoms. The van der Waals surface area contributed by atoms with Gasteiger partial charge in [-0.25, -0.2) is 5.43 Å². The van der Waals surface area contributed by atoms with Crippen LogP contribution in [-0.4, -0.2) is 60.6 Å². The third-order valence-corrected chi connectivity index (χ3v) is 4.91. The van der Waals surface area contributed by atoms with Crippen molar-refractivity contribution < 1.29 is 17.9 Å². The molecule has 11 heteroatoms. The molecule has 160 valence electrons. The van der Waals surface area contributed by atoms with Gasteiger partial charge in [0.1, 0.15) is 0 Å². The number of ether oxygens (including phenoxy) is 1. The van der Waals surface area contributed by atoms with Crippen LogP contribution in [0.5, 0.6) is 0 Å². The van der Waals surface area contributed by atoms with Crippen molar-refractivity contribution in [3.05, 3.63) is 35.4 Å². The molecule has 0 amide bonds. The van der Waals surface area contributed by atoms with Gasteiger partial charge in [0.05, 0.1) is 25.0 Å². The molecule has 2 fully saturated rings. The highest BCUT2D eigenvalue weighted by molar-refractivity contribution is 5.80. The van der Waals surface area contributed by atoms with E-state index in [1.54, 1.807) is 0 Å². The second-order valence-electron chi connectivity index (χ2n) is 7.04. The van der Waals surface area contributed by atoms with Gasteiger partial charge in [-0.3, -0.25) is 0 Å². The molecule has 0 aliphatic carbocycles. The van der Waals surface area contributed by atoms with Crippen molar-refractivity contribution in [2.45, 2.75) is 19.0 Å². The molecule has 3 heterocycles. The number of morpholine rings is 1. The number of nitrogens with one attached hydrogen (secondary N) is 1. The number of hydrazone groups is 1. The van der Waals surface area contributed by atoms with Crippen LogP contribution in [0.2, 0.25) is 0 Å². The molecule has 1 N–H and O–H groups in total. The van der Waals surface area contributed by atoms with Crippen molar-refractivity contribution in [2.24, 2.45) is 5.10 Å². The Hall–Kier alpha value is -2.95. The lowest BCUT2D eigenvalue weighted by Gasteiger charge is -2.27. The lowest BCUT2D eigenvalue weighted by atomic mass is 10.1. The van der Waals surface area contributed by atoms with Gasteiger partial charge in [0.25, 0.3) is 0 Å². The van der Waals surface area contributed by atoms with Crippen LogP contribution < -0.4 is 15.2 Å². The zero-order valence-electron chi connectivity index (χ0n) is 16.3. The molecule has 0 unspecified atom stereocenters. The monoisotopic (exact) mass is 421 g/mol. The van der Waals surface area contributed by atoms with Crippen molar-refractivity contribution in [3.8, 4) is 0 Å². The second kappa shape index (κ2) is 8.82. The molecular formula is C19H22F3N7O. The van der Waals surface area contributed by atoms with Gasteiger partial charge in [-0.05, 0) is 30.5 Å². The van der Waals surface area contributed by atoms with E-state index in [0.717, 1.165) is 38.1 Å². The van der Waals surface area contributed by atoms with E-state index in [1.807, 2.05) is 4.90 Å². The van der Waals surface area contributed by atoms with Crippen LogP contribution in [0.1, 0.15) is 24.0 Å². The average molecular weight is 421 g/mol. The molecule has 30 heavy (non-hydrogen) atoms. The molecular weight excluding hydrogens is 399 g/mol. The summed E-state index contributed by atoms with van der Waals surface area (Å²) in [5, 5.41) is 4.09. The van der Waals surface area contributed by atoms with Gasteiger partial charge in [-0.2, -0.15) is 33.2 Å². The first-order chi connectivity index (χ1) is 14.5. The van der Waals surface area contributed by atoms with E-state index in [1.165, 1.54) is 18.3 Å². The summed E-state index contributed by atoms with van der Waals surface area (Å²) in [5.74, 6) is 1.44. The molecule has 1 aromatic heterocycles. The number of halogens is 3. The predicted molar refractivity (Wildman–Crippen MR) is 107 cm³/mol. The lowest BCUT2D eigenvalue weighted by molar-refractivity contribution is -0.137. The summed E-state index contributed by atoms with van der Waals surface area (Å²) in [5.41, 5.74) is 2.61. The molecule has 8 nitrogen and oxygen atoms in total. The summed E-state index contributed by atoms with van der Waals surface area (Å²) >= 11 is 0. The third kappa shape index (κ3) is 4.96. The Morgan fingerprint density at radius 3 is 2.10 bits per heavy atom. The van der Waals surface area contributed by atoms with E-state index in [4.69, 9.17) is 4.74 Å². The molecule has 2 aliphatic heterocycles. The van der Waals surface area contributed by atoms with Crippen LogP contribution >= 0.6 is 0 Å². The van der Waals surface area contributed by atoms with Crippen molar-refractivity contribution in [1.82, 2.24) is 15.0 Å². The highest BCUT2D eigenvalue weighted by Gasteiger charge is 2.29. The first-order valence-corrected chi connectivity index (χ1v) is 9.79. The molecule has 2 aliphatic rings. The summed E-state index contributed by atoms with van der Waals surface area (Å²) in [6.45, 7) is 4.39. The first-order valence-electron chi connectivity index (χ1n) is 9.79. The van der Waals surface area contributed by atoms with Gasteiger partial charge in [-0.1, -0.05) is 12.1 Å². The van der Waals surface area contributed by atoms with E-state index < -0.39 is 11.7 Å². The Labute approximate surface area is 171 Å². The molecule has 0 radical (unpaired) electrons. The van der Waals surface area contributed by atoms with Crippen LogP contribution in [0.4, 0.5) is 31.0 Å². The molecule has 2 saturated heterocycles. The van der Waals surface area contributed by atoms with E-state index in [0.29, 0.717) is 43.8 Å². The number of rotatable bonds is 5. The minimum absolute atomic E-state index is 0.288. The standard InChI is InChI=1S/C19H22F3N7O/c20-19(21,22)15-5-3-14(4-6-15)13-23-27-16-24-17(28-7-1-2-8-28)26-18(25-16)29-9-11-30-12-10-29/h3-6,13H,1-2,7-12H2,(H,24,25,26,27)/b23-13+. The largest absolute Gasteiger partial charge is 0.416 e. The minimum Gasteiger partial charge on any atom is -0.378 e. The molecule has 1 aromatic carbocycles. The highest BCUT2D eigenvalue weighted by atomic mass is 19.4. The normalized spacial score (nSPS) is 17.7. The van der Waals surface area contributed by atoms with E-state index in [2.05, 4.69) is 30.4 Å². The Kier molecular flexibility index (Phi) is 5.98. The number of hydrogen-bond donors (Lipinski definition) is 1. The smallest absolute Gasteiger partial charge is 0.378 e. The summed E-state index contributed by atoms with van der Waals surface area (Å²) < 4.78 is 43.4. The Bertz CT molecular complexity index is 877. The SMILES string of the molecule is FC(F)(F)c1ccc(/C=N/Nc2nc(N3CCCC3)nc(N3CCOCC3)n2)cc1. The minimum atomic E-state index is -4.36. The number of alkyl halides is 3. The van der Waals surface area contributed by atoms with Crippen molar-refractivity contribution in [3.63, 3.8) is 0 Å². The molecule has 0 saturated carbocycles. The first kappa shape index (κ1) is 20.3. The maximum Gasteiger partial charge on any atom is 0.416 e. The Morgan fingerprint density at radius 1 is 0.900 bits per heavy atom. The fraction of sp³-hybridized carbons (Fsp3) is 0.474. The zero-order valence-corrected chi connectivity index (χ0v) is 16.3. The van der Waals surface area contributed by atoms with Crippen LogP contribution in [0, 0.1) is 0 Å². The molecule has 4 rings (SSSR count). The van der Waals surface area contributed by atoms with Crippen LogP contribution in [-0.2, 0) is 10.9 Å². The van der Waals surface area contributed by atoms with Crippen molar-refractivity contribution in [2.75, 3.05) is 54.6 Å². The maximum absolute atomic E-state index is 12.7. The average Bonchev–Trinajstić information content (AvgIpc) is 3.29. The summed E-state index contributed by atoms with van der Waals surface area (Å²) in [4.78, 5) is 17.7. The van der Waals surface area contributed by atoms with Crippen LogP contribution in [0.3, 0.4) is 0 Å². The van der Waals surface area contributed by atoms with Crippen molar-refractivity contribution in [1.29, 1.82) is 0 Å². The third-order valence-electron chi connectivity index (χ3n) is 4.91. The maximum atomic E-state index is 12.7. The fourth-order valence-corrected chi connectivity index (χ4v) is 3.29. The molecule has 2 aromatic rings. The van der Waals surface area contributed by atoms with Crippen molar-refractivity contribution >= 4 is 24.1 Å². The van der Waals surface area contributed by atoms with Gasteiger partial charge in [-0.15, -0.1) is 0 Å².